The van der Waals surface area contributed by atoms with Crippen molar-refractivity contribution in [3.05, 3.63) is 47.5 Å². The van der Waals surface area contributed by atoms with Crippen molar-refractivity contribution >= 4 is 20.2 Å². The first-order valence-electron chi connectivity index (χ1n) is 10.5. The van der Waals surface area contributed by atoms with Crippen LogP contribution in [0.1, 0.15) is 51.7 Å². The van der Waals surface area contributed by atoms with Crippen molar-refractivity contribution in [3.8, 4) is 11.1 Å². The standard InChI is InChI=1S/C23H30O6S2/c1-16(2)9-11-28-30(24,25)20-5-7-22-18(14-20)13-19-15-21(6-8-23(19)22)31(26,27)29-12-10-17(3)4/h5-8,14-17H,9-13H2,1-4H3. The molecule has 170 valence electrons. The Balaban J connectivity index is 1.79. The Morgan fingerprint density at radius 1 is 0.710 bits per heavy atom. The number of fused-ring (bicyclic) bond motifs is 3. The summed E-state index contributed by atoms with van der Waals surface area (Å²) in [6, 6.07) is 9.83. The number of benzene rings is 2. The lowest BCUT2D eigenvalue weighted by molar-refractivity contribution is 0.291. The monoisotopic (exact) mass is 466 g/mol. The van der Waals surface area contributed by atoms with Crippen LogP contribution in [-0.2, 0) is 35.0 Å². The molecule has 0 bridgehead atoms. The molecule has 0 amide bonds. The topological polar surface area (TPSA) is 86.7 Å². The second kappa shape index (κ2) is 9.40. The fourth-order valence-electron chi connectivity index (χ4n) is 3.40. The summed E-state index contributed by atoms with van der Waals surface area (Å²) in [5.74, 6) is 0.703. The number of hydrogen-bond donors (Lipinski definition) is 0. The van der Waals surface area contributed by atoms with Crippen molar-refractivity contribution in [1.82, 2.24) is 0 Å². The first kappa shape index (κ1) is 23.9. The van der Waals surface area contributed by atoms with Crippen molar-refractivity contribution in [3.63, 3.8) is 0 Å². The third-order valence-electron chi connectivity index (χ3n) is 5.27. The summed E-state index contributed by atoms with van der Waals surface area (Å²) in [4.78, 5) is 0.236. The lowest BCUT2D eigenvalue weighted by atomic mass is 10.1. The molecule has 0 aromatic heterocycles. The summed E-state index contributed by atoms with van der Waals surface area (Å²) in [6.07, 6.45) is 1.77. The highest BCUT2D eigenvalue weighted by Crippen LogP contribution is 2.39. The summed E-state index contributed by atoms with van der Waals surface area (Å²) >= 11 is 0. The van der Waals surface area contributed by atoms with Crippen molar-refractivity contribution in [2.24, 2.45) is 11.8 Å². The first-order chi connectivity index (χ1) is 14.5. The van der Waals surface area contributed by atoms with E-state index in [1.165, 1.54) is 0 Å². The van der Waals surface area contributed by atoms with Crippen LogP contribution in [0.15, 0.2) is 46.2 Å². The fraction of sp³-hybridized carbons (Fsp3) is 0.478. The van der Waals surface area contributed by atoms with E-state index in [1.807, 2.05) is 27.7 Å². The lowest BCUT2D eigenvalue weighted by Crippen LogP contribution is -2.09. The minimum atomic E-state index is -3.83. The van der Waals surface area contributed by atoms with Crippen molar-refractivity contribution in [1.29, 1.82) is 0 Å². The molecule has 0 radical (unpaired) electrons. The maximum atomic E-state index is 12.5. The van der Waals surface area contributed by atoms with Gasteiger partial charge in [0.2, 0.25) is 0 Å². The van der Waals surface area contributed by atoms with E-state index in [0.29, 0.717) is 31.1 Å². The third kappa shape index (κ3) is 5.74. The van der Waals surface area contributed by atoms with Gasteiger partial charge in [-0.1, -0.05) is 39.8 Å². The average Bonchev–Trinajstić information content (AvgIpc) is 3.04. The maximum Gasteiger partial charge on any atom is 0.296 e. The molecular formula is C23H30O6S2. The predicted molar refractivity (Wildman–Crippen MR) is 120 cm³/mol. The molecule has 0 heterocycles. The van der Waals surface area contributed by atoms with Gasteiger partial charge in [0.05, 0.1) is 23.0 Å². The van der Waals surface area contributed by atoms with Gasteiger partial charge in [-0.15, -0.1) is 0 Å². The molecular weight excluding hydrogens is 436 g/mol. The molecule has 6 nitrogen and oxygen atoms in total. The minimum Gasteiger partial charge on any atom is -0.266 e. The summed E-state index contributed by atoms with van der Waals surface area (Å²) in [7, 11) is -7.66. The highest BCUT2D eigenvalue weighted by Gasteiger charge is 2.25. The zero-order chi connectivity index (χ0) is 22.8. The Bertz CT molecular complexity index is 1060. The molecule has 0 saturated heterocycles. The molecule has 0 atom stereocenters. The summed E-state index contributed by atoms with van der Waals surface area (Å²) in [5, 5.41) is 0. The van der Waals surface area contributed by atoms with E-state index >= 15 is 0 Å². The van der Waals surface area contributed by atoms with Gasteiger partial charge in [0.25, 0.3) is 20.2 Å². The SMILES string of the molecule is CC(C)CCOS(=O)(=O)c1ccc2c(c1)Cc1cc(S(=O)(=O)OCCC(C)C)ccc1-2. The van der Waals surface area contributed by atoms with Crippen LogP contribution in [0.2, 0.25) is 0 Å². The van der Waals surface area contributed by atoms with Gasteiger partial charge < -0.3 is 0 Å². The molecule has 2 aromatic rings. The van der Waals surface area contributed by atoms with Crippen molar-refractivity contribution in [2.75, 3.05) is 13.2 Å². The first-order valence-corrected chi connectivity index (χ1v) is 13.4. The lowest BCUT2D eigenvalue weighted by Gasteiger charge is -2.09. The van der Waals surface area contributed by atoms with E-state index in [9.17, 15) is 16.8 Å². The quantitative estimate of drug-likeness (QED) is 0.400. The smallest absolute Gasteiger partial charge is 0.266 e. The average molecular weight is 467 g/mol. The largest absolute Gasteiger partial charge is 0.296 e. The molecule has 0 aliphatic heterocycles. The van der Waals surface area contributed by atoms with Gasteiger partial charge >= 0.3 is 0 Å². The van der Waals surface area contributed by atoms with E-state index in [4.69, 9.17) is 8.37 Å². The maximum absolute atomic E-state index is 12.5. The van der Waals surface area contributed by atoms with E-state index < -0.39 is 20.2 Å². The molecule has 8 heteroatoms. The number of hydrogen-bond acceptors (Lipinski definition) is 6. The Kier molecular flexibility index (Phi) is 7.25. The second-order valence-electron chi connectivity index (χ2n) is 8.73. The van der Waals surface area contributed by atoms with Gasteiger partial charge in [-0.3, -0.25) is 8.37 Å². The Morgan fingerprint density at radius 2 is 1.10 bits per heavy atom. The van der Waals surface area contributed by atoms with E-state index in [2.05, 4.69) is 0 Å². The zero-order valence-corrected chi connectivity index (χ0v) is 20.1. The molecule has 3 rings (SSSR count). The molecule has 2 aromatic carbocycles. The Labute approximate surface area is 185 Å². The minimum absolute atomic E-state index is 0.118. The molecule has 0 fully saturated rings. The fourth-order valence-corrected chi connectivity index (χ4v) is 5.34. The van der Waals surface area contributed by atoms with Crippen LogP contribution < -0.4 is 0 Å². The molecule has 0 spiro atoms. The van der Waals surface area contributed by atoms with Crippen molar-refractivity contribution in [2.45, 2.75) is 56.7 Å². The summed E-state index contributed by atoms with van der Waals surface area (Å²) in [6.45, 7) is 8.32. The summed E-state index contributed by atoms with van der Waals surface area (Å²) < 4.78 is 60.3. The normalized spacial score (nSPS) is 13.6. The third-order valence-corrected chi connectivity index (χ3v) is 7.89. The van der Waals surface area contributed by atoms with Gasteiger partial charge in [-0.05, 0) is 77.6 Å². The second-order valence-corrected chi connectivity index (χ2v) is 12.0. The van der Waals surface area contributed by atoms with Crippen LogP contribution >= 0.6 is 0 Å². The van der Waals surface area contributed by atoms with Gasteiger partial charge in [0, 0.05) is 0 Å². The molecule has 0 saturated carbocycles. The molecule has 1 aliphatic carbocycles. The van der Waals surface area contributed by atoms with Gasteiger partial charge in [0.15, 0.2) is 0 Å². The van der Waals surface area contributed by atoms with Crippen LogP contribution in [0, 0.1) is 11.8 Å². The number of rotatable bonds is 10. The molecule has 31 heavy (non-hydrogen) atoms. The molecule has 0 unspecified atom stereocenters. The van der Waals surface area contributed by atoms with Gasteiger partial charge in [-0.2, -0.15) is 16.8 Å². The Hall–Kier alpha value is -1.74. The van der Waals surface area contributed by atoms with Crippen LogP contribution in [0.3, 0.4) is 0 Å². The predicted octanol–water partition coefficient (Wildman–Crippen LogP) is 4.76. The van der Waals surface area contributed by atoms with Gasteiger partial charge in [-0.25, -0.2) is 0 Å². The summed E-state index contributed by atoms with van der Waals surface area (Å²) in [5.41, 5.74) is 3.47. The van der Waals surface area contributed by atoms with E-state index in [-0.39, 0.29) is 23.0 Å². The van der Waals surface area contributed by atoms with Crippen molar-refractivity contribution < 1.29 is 25.2 Å². The van der Waals surface area contributed by atoms with Gasteiger partial charge in [0.1, 0.15) is 0 Å². The van der Waals surface area contributed by atoms with Crippen LogP contribution in [0.4, 0.5) is 0 Å². The Morgan fingerprint density at radius 3 is 1.45 bits per heavy atom. The van der Waals surface area contributed by atoms with Crippen LogP contribution in [0.25, 0.3) is 11.1 Å². The molecule has 0 N–H and O–H groups in total. The van der Waals surface area contributed by atoms with Crippen LogP contribution in [-0.4, -0.2) is 30.0 Å². The highest BCUT2D eigenvalue weighted by molar-refractivity contribution is 7.87. The van der Waals surface area contributed by atoms with E-state index in [1.54, 1.807) is 36.4 Å². The highest BCUT2D eigenvalue weighted by atomic mass is 32.2. The molecule has 1 aliphatic rings. The van der Waals surface area contributed by atoms with E-state index in [0.717, 1.165) is 22.3 Å². The van der Waals surface area contributed by atoms with Crippen LogP contribution in [0.5, 0.6) is 0 Å². The zero-order valence-electron chi connectivity index (χ0n) is 18.4.